The number of rotatable bonds is 2. The van der Waals surface area contributed by atoms with Crippen LogP contribution in [0.4, 0.5) is 10.5 Å². The molecule has 0 aromatic heterocycles. The summed E-state index contributed by atoms with van der Waals surface area (Å²) in [5, 5.41) is 0.382. The number of amides is 3. The lowest BCUT2D eigenvalue weighted by Gasteiger charge is -2.21. The molecule has 0 saturated heterocycles. The first-order valence-electron chi connectivity index (χ1n) is 5.96. The van der Waals surface area contributed by atoms with Crippen LogP contribution < -0.4 is 10.6 Å². The highest BCUT2D eigenvalue weighted by Gasteiger charge is 2.28. The third-order valence-electron chi connectivity index (χ3n) is 2.83. The molecule has 0 aliphatic rings. The molecule has 0 atom stereocenters. The summed E-state index contributed by atoms with van der Waals surface area (Å²) in [6.07, 6.45) is 0. The molecule has 2 aromatic carbocycles. The van der Waals surface area contributed by atoms with E-state index in [1.807, 2.05) is 0 Å². The molecule has 0 fully saturated rings. The number of nitrogens with two attached hydrogens (primary N) is 1. The molecule has 0 heterocycles. The summed E-state index contributed by atoms with van der Waals surface area (Å²) < 4.78 is 0. The Kier molecular flexibility index (Phi) is 5.65. The number of nitrogens with zero attached hydrogens (tertiary/aromatic N) is 1. The van der Waals surface area contributed by atoms with Gasteiger partial charge in [-0.2, -0.15) is 0 Å². The smallest absolute Gasteiger partial charge is 0.326 e. The Hall–Kier alpha value is -1.17. The zero-order chi connectivity index (χ0) is 17.3. The summed E-state index contributed by atoms with van der Waals surface area (Å²) in [5.74, 6) is -0.839. The largest absolute Gasteiger partial charge is 0.351 e. The molecule has 0 bridgehead atoms. The van der Waals surface area contributed by atoms with E-state index >= 15 is 0 Å². The lowest BCUT2D eigenvalue weighted by molar-refractivity contribution is 0.0995. The van der Waals surface area contributed by atoms with Crippen molar-refractivity contribution < 1.29 is 9.59 Å². The van der Waals surface area contributed by atoms with Crippen LogP contribution in [0.15, 0.2) is 30.3 Å². The van der Waals surface area contributed by atoms with E-state index in [1.54, 1.807) is 6.07 Å². The molecule has 0 unspecified atom stereocenters. The molecular weight excluding hydrogens is 405 g/mol. The minimum atomic E-state index is -1.08. The van der Waals surface area contributed by atoms with Crippen molar-refractivity contribution >= 4 is 75.6 Å². The average Bonchev–Trinajstić information content (AvgIpc) is 2.44. The fourth-order valence-corrected chi connectivity index (χ4v) is 3.01. The number of imide groups is 1. The van der Waals surface area contributed by atoms with E-state index < -0.39 is 11.9 Å². The van der Waals surface area contributed by atoms with Crippen molar-refractivity contribution in [2.45, 2.75) is 0 Å². The molecule has 0 radical (unpaired) electrons. The Bertz CT molecular complexity index is 790. The van der Waals surface area contributed by atoms with Crippen molar-refractivity contribution in [3.63, 3.8) is 0 Å². The number of benzene rings is 2. The van der Waals surface area contributed by atoms with Gasteiger partial charge in [0.15, 0.2) is 0 Å². The molecule has 120 valence electrons. The second kappa shape index (κ2) is 7.16. The molecule has 9 heteroatoms. The monoisotopic (exact) mass is 410 g/mol. The lowest BCUT2D eigenvalue weighted by Crippen LogP contribution is -2.41. The molecule has 23 heavy (non-hydrogen) atoms. The van der Waals surface area contributed by atoms with Gasteiger partial charge in [-0.15, -0.1) is 0 Å². The fraction of sp³-hybridized carbons (Fsp3) is 0. The molecule has 3 amide bonds. The molecule has 0 aliphatic carbocycles. The standard InChI is InChI=1S/C14H7Cl5N2O2/c15-6-2-1-3-7(16)12(6)13(22)21(14(20)23)11-5-9(18)8(17)4-10(11)19/h1-5H,(H2,20,23). The maximum atomic E-state index is 12.7. The van der Waals surface area contributed by atoms with Crippen LogP contribution in [0.3, 0.4) is 0 Å². The highest BCUT2D eigenvalue weighted by atomic mass is 35.5. The summed E-state index contributed by atoms with van der Waals surface area (Å²) in [6, 6.07) is 5.93. The molecule has 0 aliphatic heterocycles. The predicted octanol–water partition coefficient (Wildman–Crippen LogP) is 5.68. The van der Waals surface area contributed by atoms with Crippen molar-refractivity contribution in [2.24, 2.45) is 5.73 Å². The number of anilines is 1. The van der Waals surface area contributed by atoms with Gasteiger partial charge in [0.1, 0.15) is 0 Å². The number of carbonyl (C=O) groups excluding carboxylic acids is 2. The average molecular weight is 412 g/mol. The summed E-state index contributed by atoms with van der Waals surface area (Å²) in [7, 11) is 0. The van der Waals surface area contributed by atoms with E-state index in [4.69, 9.17) is 63.7 Å². The number of halogens is 5. The lowest BCUT2D eigenvalue weighted by atomic mass is 10.1. The van der Waals surface area contributed by atoms with E-state index in [-0.39, 0.29) is 36.4 Å². The van der Waals surface area contributed by atoms with Crippen LogP contribution in [0.2, 0.25) is 25.1 Å². The SMILES string of the molecule is NC(=O)N(C(=O)c1c(Cl)cccc1Cl)c1cc(Cl)c(Cl)cc1Cl. The Morgan fingerprint density at radius 3 is 1.87 bits per heavy atom. The minimum absolute atomic E-state index is 0.00901. The third kappa shape index (κ3) is 3.67. The van der Waals surface area contributed by atoms with Crippen LogP contribution >= 0.6 is 58.0 Å². The number of carbonyl (C=O) groups is 2. The molecule has 4 nitrogen and oxygen atoms in total. The first-order valence-corrected chi connectivity index (χ1v) is 7.85. The quantitative estimate of drug-likeness (QED) is 0.645. The van der Waals surface area contributed by atoms with Crippen LogP contribution in [-0.4, -0.2) is 11.9 Å². The highest BCUT2D eigenvalue weighted by molar-refractivity contribution is 6.45. The van der Waals surface area contributed by atoms with Crippen molar-refractivity contribution in [3.8, 4) is 0 Å². The van der Waals surface area contributed by atoms with Gasteiger partial charge in [-0.1, -0.05) is 64.1 Å². The van der Waals surface area contributed by atoms with Gasteiger partial charge >= 0.3 is 6.03 Å². The summed E-state index contributed by atoms with van der Waals surface area (Å²) in [4.78, 5) is 25.1. The Balaban J connectivity index is 2.63. The van der Waals surface area contributed by atoms with Gasteiger partial charge < -0.3 is 5.73 Å². The van der Waals surface area contributed by atoms with Gasteiger partial charge in [0.05, 0.1) is 36.4 Å². The number of hydrogen-bond donors (Lipinski definition) is 1. The topological polar surface area (TPSA) is 63.4 Å². The molecule has 2 N–H and O–H groups in total. The second-order valence-electron chi connectivity index (χ2n) is 4.29. The summed E-state index contributed by atoms with van der Waals surface area (Å²) in [6.45, 7) is 0. The van der Waals surface area contributed by atoms with Crippen molar-refractivity contribution in [3.05, 3.63) is 61.0 Å². The molecule has 0 spiro atoms. The van der Waals surface area contributed by atoms with Crippen molar-refractivity contribution in [1.82, 2.24) is 0 Å². The van der Waals surface area contributed by atoms with E-state index in [9.17, 15) is 9.59 Å². The van der Waals surface area contributed by atoms with Crippen LogP contribution in [0.1, 0.15) is 10.4 Å². The van der Waals surface area contributed by atoms with Crippen LogP contribution in [0, 0.1) is 0 Å². The molecule has 2 rings (SSSR count). The van der Waals surface area contributed by atoms with Crippen LogP contribution in [0.5, 0.6) is 0 Å². The normalized spacial score (nSPS) is 10.5. The predicted molar refractivity (Wildman–Crippen MR) is 94.3 cm³/mol. The van der Waals surface area contributed by atoms with Gasteiger partial charge in [0.25, 0.3) is 5.91 Å². The maximum Gasteiger partial charge on any atom is 0.326 e. The van der Waals surface area contributed by atoms with Crippen LogP contribution in [0.25, 0.3) is 0 Å². The van der Waals surface area contributed by atoms with Gasteiger partial charge in [-0.05, 0) is 24.3 Å². The highest BCUT2D eigenvalue weighted by Crippen LogP contribution is 2.36. The number of urea groups is 1. The molecule has 0 saturated carbocycles. The Labute approximate surface area is 156 Å². The van der Waals surface area contributed by atoms with E-state index in [1.165, 1.54) is 24.3 Å². The Morgan fingerprint density at radius 1 is 0.826 bits per heavy atom. The zero-order valence-electron chi connectivity index (χ0n) is 11.1. The molecule has 2 aromatic rings. The minimum Gasteiger partial charge on any atom is -0.351 e. The maximum absolute atomic E-state index is 12.7. The van der Waals surface area contributed by atoms with Gasteiger partial charge in [-0.25, -0.2) is 9.69 Å². The van der Waals surface area contributed by atoms with E-state index in [0.29, 0.717) is 4.90 Å². The third-order valence-corrected chi connectivity index (χ3v) is 4.49. The van der Waals surface area contributed by atoms with Crippen LogP contribution in [-0.2, 0) is 0 Å². The number of primary amides is 1. The van der Waals surface area contributed by atoms with E-state index in [2.05, 4.69) is 0 Å². The first-order chi connectivity index (χ1) is 10.7. The Morgan fingerprint density at radius 2 is 1.35 bits per heavy atom. The van der Waals surface area contributed by atoms with Gasteiger partial charge in [0, 0.05) is 0 Å². The zero-order valence-corrected chi connectivity index (χ0v) is 14.9. The van der Waals surface area contributed by atoms with Crippen molar-refractivity contribution in [1.29, 1.82) is 0 Å². The van der Waals surface area contributed by atoms with Gasteiger partial charge in [-0.3, -0.25) is 4.79 Å². The molecular formula is C14H7Cl5N2O2. The second-order valence-corrected chi connectivity index (χ2v) is 6.33. The van der Waals surface area contributed by atoms with E-state index in [0.717, 1.165) is 0 Å². The fourth-order valence-electron chi connectivity index (χ4n) is 1.83. The van der Waals surface area contributed by atoms with Crippen molar-refractivity contribution in [2.75, 3.05) is 4.90 Å². The first kappa shape index (κ1) is 18.2. The summed E-state index contributed by atoms with van der Waals surface area (Å²) >= 11 is 29.8. The number of hydrogen-bond acceptors (Lipinski definition) is 2. The summed E-state index contributed by atoms with van der Waals surface area (Å²) in [5.41, 5.74) is 5.19. The van der Waals surface area contributed by atoms with Gasteiger partial charge in [0.2, 0.25) is 0 Å².